The second-order valence-electron chi connectivity index (χ2n) is 11.9. The van der Waals surface area contributed by atoms with E-state index in [2.05, 4.69) is 35.7 Å². The third-order valence-electron chi connectivity index (χ3n) is 8.32. The second kappa shape index (κ2) is 14.9. The van der Waals surface area contributed by atoms with E-state index in [1.54, 1.807) is 23.1 Å². The Morgan fingerprint density at radius 3 is 2.53 bits per heavy atom. The van der Waals surface area contributed by atoms with Gasteiger partial charge in [-0.2, -0.15) is 0 Å². The van der Waals surface area contributed by atoms with Crippen molar-refractivity contribution in [3.8, 4) is 22.8 Å². The molecule has 0 radical (unpaired) electrons. The van der Waals surface area contributed by atoms with Gasteiger partial charge in [-0.1, -0.05) is 17.7 Å². The minimum absolute atomic E-state index is 0.0105. The van der Waals surface area contributed by atoms with E-state index in [0.717, 1.165) is 63.1 Å². The van der Waals surface area contributed by atoms with E-state index in [4.69, 9.17) is 30.9 Å². The first-order valence-electron chi connectivity index (χ1n) is 15.7. The number of ether oxygens (including phenoxy) is 3. The number of benzene rings is 1. The van der Waals surface area contributed by atoms with Gasteiger partial charge in [0.1, 0.15) is 30.5 Å². The number of hydrogen-bond acceptors (Lipinski definition) is 13. The normalized spacial score (nSPS) is 19.7. The van der Waals surface area contributed by atoms with Crippen molar-refractivity contribution < 1.29 is 22.6 Å². The smallest absolute Gasteiger partial charge is 0.256 e. The predicted molar refractivity (Wildman–Crippen MR) is 175 cm³/mol. The third kappa shape index (κ3) is 8.94. The van der Waals surface area contributed by atoms with E-state index in [9.17, 15) is 8.42 Å². The molecule has 2 aliphatic rings. The lowest BCUT2D eigenvalue weighted by molar-refractivity contribution is 0.00503. The molecule has 47 heavy (non-hydrogen) atoms. The fourth-order valence-electron chi connectivity index (χ4n) is 5.89. The number of nitrogens with one attached hydrogen (secondary N) is 1. The molecule has 252 valence electrons. The molecule has 4 aromatic rings. The standard InChI is InChI=1S/C30H39ClN10O5S/c1-21(18-40-20-34-37-38-40)46-28-15-22(3-8-26(28)31)23-16-32-30(33-17-23)35-27-19-41(36-29(27)45-13-14-47(2,42)43)25-6-4-24(5-7-25)39-9-11-44-12-10-39/h3,8,15-17,19-21,24-25H,4-7,9-14,18H2,1-2H3,(H,32,33,35)/t21-,24?,25?/m0/s1. The van der Waals surface area contributed by atoms with Crippen LogP contribution in [0.5, 0.6) is 11.6 Å². The average molecular weight is 687 g/mol. The van der Waals surface area contributed by atoms with Crippen molar-refractivity contribution in [3.63, 3.8) is 0 Å². The minimum Gasteiger partial charge on any atom is -0.487 e. The molecule has 1 aliphatic heterocycles. The van der Waals surface area contributed by atoms with Crippen LogP contribution in [0.15, 0.2) is 43.1 Å². The van der Waals surface area contributed by atoms with Gasteiger partial charge in [0.25, 0.3) is 5.88 Å². The summed E-state index contributed by atoms with van der Waals surface area (Å²) in [6.07, 6.45) is 11.9. The third-order valence-corrected chi connectivity index (χ3v) is 9.54. The topological polar surface area (TPSA) is 164 Å². The van der Waals surface area contributed by atoms with Gasteiger partial charge >= 0.3 is 0 Å². The number of hydrogen-bond donors (Lipinski definition) is 1. The molecule has 0 bridgehead atoms. The maximum atomic E-state index is 11.7. The van der Waals surface area contributed by atoms with Gasteiger partial charge in [-0.05, 0) is 60.7 Å². The molecule has 0 amide bonds. The van der Waals surface area contributed by atoms with Crippen LogP contribution in [0.4, 0.5) is 11.6 Å². The van der Waals surface area contributed by atoms with Gasteiger partial charge in [-0.15, -0.1) is 10.2 Å². The summed E-state index contributed by atoms with van der Waals surface area (Å²) in [5, 5.41) is 19.6. The average Bonchev–Trinajstić information content (AvgIpc) is 3.72. The predicted octanol–water partition coefficient (Wildman–Crippen LogP) is 3.43. The Bertz CT molecular complexity index is 1710. The van der Waals surface area contributed by atoms with Crippen LogP contribution in [0.2, 0.25) is 5.02 Å². The Morgan fingerprint density at radius 1 is 1.09 bits per heavy atom. The summed E-state index contributed by atoms with van der Waals surface area (Å²) in [6, 6.07) is 6.25. The van der Waals surface area contributed by atoms with E-state index in [1.807, 2.05) is 29.9 Å². The molecule has 4 heterocycles. The lowest BCUT2D eigenvalue weighted by Gasteiger charge is -2.38. The molecule has 1 atom stereocenters. The van der Waals surface area contributed by atoms with Crippen molar-refractivity contribution in [1.29, 1.82) is 0 Å². The Balaban J connectivity index is 1.13. The van der Waals surface area contributed by atoms with E-state index in [0.29, 0.717) is 40.9 Å². The van der Waals surface area contributed by atoms with E-state index in [-0.39, 0.29) is 24.5 Å². The summed E-state index contributed by atoms with van der Waals surface area (Å²) in [5.41, 5.74) is 2.17. The number of aromatic nitrogens is 8. The van der Waals surface area contributed by atoms with Crippen molar-refractivity contribution in [2.24, 2.45) is 0 Å². The summed E-state index contributed by atoms with van der Waals surface area (Å²) in [7, 11) is -3.20. The summed E-state index contributed by atoms with van der Waals surface area (Å²) < 4.78 is 44.5. The molecule has 0 unspecified atom stereocenters. The highest BCUT2D eigenvalue weighted by atomic mass is 35.5. The zero-order chi connectivity index (χ0) is 32.8. The van der Waals surface area contributed by atoms with Gasteiger partial charge < -0.3 is 19.5 Å². The highest BCUT2D eigenvalue weighted by molar-refractivity contribution is 7.90. The summed E-state index contributed by atoms with van der Waals surface area (Å²) in [6.45, 7) is 5.92. The molecule has 1 aromatic carbocycles. The fraction of sp³-hybridized carbons (Fsp3) is 0.533. The number of rotatable bonds is 13. The second-order valence-corrected chi connectivity index (χ2v) is 14.6. The Morgan fingerprint density at radius 2 is 1.83 bits per heavy atom. The first kappa shape index (κ1) is 33.1. The molecule has 3 aromatic heterocycles. The molecule has 1 N–H and O–H groups in total. The van der Waals surface area contributed by atoms with Gasteiger partial charge in [-0.3, -0.25) is 9.58 Å². The van der Waals surface area contributed by atoms with Crippen LogP contribution in [0, 0.1) is 0 Å². The van der Waals surface area contributed by atoms with E-state index in [1.165, 1.54) is 12.6 Å². The number of sulfone groups is 1. The lowest BCUT2D eigenvalue weighted by Crippen LogP contribution is -2.45. The summed E-state index contributed by atoms with van der Waals surface area (Å²) >= 11 is 6.43. The number of nitrogens with zero attached hydrogens (tertiary/aromatic N) is 9. The highest BCUT2D eigenvalue weighted by Gasteiger charge is 2.29. The Kier molecular flexibility index (Phi) is 10.5. The molecule has 15 nitrogen and oxygen atoms in total. The zero-order valence-corrected chi connectivity index (χ0v) is 28.0. The Labute approximate surface area is 278 Å². The monoisotopic (exact) mass is 686 g/mol. The van der Waals surface area contributed by atoms with Gasteiger partial charge in [0.15, 0.2) is 9.84 Å². The van der Waals surface area contributed by atoms with Crippen molar-refractivity contribution in [3.05, 3.63) is 48.1 Å². The summed E-state index contributed by atoms with van der Waals surface area (Å²) in [5.74, 6) is 1.07. The first-order valence-corrected chi connectivity index (χ1v) is 18.1. The molecule has 6 rings (SSSR count). The van der Waals surface area contributed by atoms with Crippen molar-refractivity contribution in [1.82, 2.24) is 44.9 Å². The molecule has 1 saturated heterocycles. The minimum atomic E-state index is -3.20. The molecular weight excluding hydrogens is 648 g/mol. The number of morpholine rings is 1. The van der Waals surface area contributed by atoms with Crippen LogP contribution in [-0.2, 0) is 21.1 Å². The first-order chi connectivity index (χ1) is 22.7. The van der Waals surface area contributed by atoms with Crippen LogP contribution >= 0.6 is 11.6 Å². The number of halogens is 1. The Hall–Kier alpha value is -3.86. The van der Waals surface area contributed by atoms with E-state index >= 15 is 0 Å². The number of tetrazole rings is 1. The van der Waals surface area contributed by atoms with Crippen LogP contribution in [0.25, 0.3) is 11.1 Å². The van der Waals surface area contributed by atoms with Crippen LogP contribution in [0.3, 0.4) is 0 Å². The van der Waals surface area contributed by atoms with Gasteiger partial charge in [0, 0.05) is 43.3 Å². The maximum Gasteiger partial charge on any atom is 0.256 e. The fourth-order valence-corrected chi connectivity index (χ4v) is 6.44. The number of anilines is 2. The highest BCUT2D eigenvalue weighted by Crippen LogP contribution is 2.35. The van der Waals surface area contributed by atoms with Crippen molar-refractivity contribution >= 4 is 33.1 Å². The molecule has 2 fully saturated rings. The molecular formula is C30H39ClN10O5S. The maximum absolute atomic E-state index is 11.7. The lowest BCUT2D eigenvalue weighted by atomic mass is 9.90. The molecule has 1 saturated carbocycles. The summed E-state index contributed by atoms with van der Waals surface area (Å²) in [4.78, 5) is 11.6. The molecule has 0 spiro atoms. The largest absolute Gasteiger partial charge is 0.487 e. The quantitative estimate of drug-likeness (QED) is 0.218. The van der Waals surface area contributed by atoms with Crippen LogP contribution in [-0.4, -0.2) is 110 Å². The van der Waals surface area contributed by atoms with Gasteiger partial charge in [0.05, 0.1) is 42.8 Å². The van der Waals surface area contributed by atoms with E-state index < -0.39 is 9.84 Å². The van der Waals surface area contributed by atoms with Gasteiger partial charge in [-0.25, -0.2) is 23.1 Å². The van der Waals surface area contributed by atoms with Crippen LogP contribution < -0.4 is 14.8 Å². The SMILES string of the molecule is C[C@@H](Cn1cnnn1)Oc1cc(-c2cnc(Nc3cn(C4CCC(N5CCOCC5)CC4)nc3OCCS(C)(=O)=O)nc2)ccc1Cl. The van der Waals surface area contributed by atoms with Crippen molar-refractivity contribution in [2.45, 2.75) is 57.3 Å². The van der Waals surface area contributed by atoms with Gasteiger partial charge in [0.2, 0.25) is 5.95 Å². The zero-order valence-electron chi connectivity index (χ0n) is 26.4. The molecule has 17 heteroatoms. The molecule has 1 aliphatic carbocycles. The van der Waals surface area contributed by atoms with Crippen molar-refractivity contribution in [2.75, 3.05) is 50.2 Å². The van der Waals surface area contributed by atoms with Crippen LogP contribution in [0.1, 0.15) is 38.6 Å².